The Morgan fingerprint density at radius 3 is 2.81 bits per heavy atom. The molecule has 1 aromatic heterocycles. The predicted molar refractivity (Wildman–Crippen MR) is 137 cm³/mol. The lowest BCUT2D eigenvalue weighted by molar-refractivity contribution is -0.102. The van der Waals surface area contributed by atoms with Gasteiger partial charge in [-0.05, 0) is 42.4 Å². The summed E-state index contributed by atoms with van der Waals surface area (Å²) in [6, 6.07) is 7.94. The van der Waals surface area contributed by atoms with Crippen molar-refractivity contribution in [3.05, 3.63) is 57.3 Å². The number of rotatable bonds is 5. The standard InChI is InChI=1S/C28H34N2O6/c1-17(2)24-13-20(6-8-29(24)28(32)33)19-4-5-23-21(12-19)7-9-30-26(14-25(31)18(3)27(23)30)36-16-22-15-34-10-11-35-22/h4-6,12,14,17,22,24H,7-11,13,15-16H2,1-3H3,(H,32,33)/t22-,24?/m0/s1. The van der Waals surface area contributed by atoms with Crippen LogP contribution in [0.25, 0.3) is 16.8 Å². The molecule has 8 nitrogen and oxygen atoms in total. The van der Waals surface area contributed by atoms with Crippen LogP contribution in [-0.2, 0) is 22.4 Å². The highest BCUT2D eigenvalue weighted by atomic mass is 16.6. The van der Waals surface area contributed by atoms with Crippen molar-refractivity contribution < 1.29 is 24.1 Å². The molecule has 0 bridgehead atoms. The largest absolute Gasteiger partial charge is 0.476 e. The molecule has 192 valence electrons. The summed E-state index contributed by atoms with van der Waals surface area (Å²) in [5.74, 6) is 0.792. The van der Waals surface area contributed by atoms with Gasteiger partial charge in [0, 0.05) is 36.3 Å². The van der Waals surface area contributed by atoms with Gasteiger partial charge in [-0.2, -0.15) is 0 Å². The molecule has 3 aliphatic heterocycles. The number of carbonyl (C=O) groups is 1. The van der Waals surface area contributed by atoms with Gasteiger partial charge in [0.25, 0.3) is 0 Å². The molecule has 1 unspecified atom stereocenters. The molecular formula is C28H34N2O6. The maximum atomic E-state index is 12.9. The number of ether oxygens (including phenoxy) is 3. The molecule has 2 aromatic rings. The number of hydrogen-bond acceptors (Lipinski definition) is 5. The van der Waals surface area contributed by atoms with Crippen LogP contribution in [0.2, 0.25) is 0 Å². The van der Waals surface area contributed by atoms with Crippen LogP contribution >= 0.6 is 0 Å². The molecule has 0 aliphatic carbocycles. The molecule has 1 N–H and O–H groups in total. The van der Waals surface area contributed by atoms with Crippen LogP contribution < -0.4 is 10.2 Å². The van der Waals surface area contributed by atoms with E-state index in [0.717, 1.165) is 23.2 Å². The first-order chi connectivity index (χ1) is 17.3. The van der Waals surface area contributed by atoms with E-state index in [2.05, 4.69) is 36.6 Å². The minimum absolute atomic E-state index is 0.0432. The molecule has 1 fully saturated rings. The fourth-order valence-electron chi connectivity index (χ4n) is 5.51. The molecule has 1 aromatic carbocycles. The topological polar surface area (TPSA) is 90.2 Å². The Balaban J connectivity index is 1.44. The van der Waals surface area contributed by atoms with Gasteiger partial charge in [0.1, 0.15) is 12.7 Å². The van der Waals surface area contributed by atoms with E-state index in [4.69, 9.17) is 14.2 Å². The lowest BCUT2D eigenvalue weighted by Crippen LogP contribution is -2.44. The number of hydrogen-bond donors (Lipinski definition) is 1. The van der Waals surface area contributed by atoms with Crippen molar-refractivity contribution >= 4 is 11.7 Å². The van der Waals surface area contributed by atoms with Crippen LogP contribution in [0.4, 0.5) is 4.79 Å². The number of amides is 1. The first-order valence-electron chi connectivity index (χ1n) is 12.7. The fourth-order valence-corrected chi connectivity index (χ4v) is 5.51. The highest BCUT2D eigenvalue weighted by molar-refractivity contribution is 5.76. The van der Waals surface area contributed by atoms with Gasteiger partial charge in [-0.25, -0.2) is 4.79 Å². The van der Waals surface area contributed by atoms with E-state index >= 15 is 0 Å². The third kappa shape index (κ3) is 4.67. The van der Waals surface area contributed by atoms with Crippen molar-refractivity contribution in [1.29, 1.82) is 0 Å². The Morgan fingerprint density at radius 1 is 1.25 bits per heavy atom. The number of aryl methyl sites for hydroxylation is 1. The predicted octanol–water partition coefficient (Wildman–Crippen LogP) is 3.97. The Kier molecular flexibility index (Phi) is 6.90. The van der Waals surface area contributed by atoms with Gasteiger partial charge >= 0.3 is 6.09 Å². The molecule has 1 amide bonds. The summed E-state index contributed by atoms with van der Waals surface area (Å²) in [6.07, 6.45) is 2.54. The highest BCUT2D eigenvalue weighted by Gasteiger charge is 2.30. The van der Waals surface area contributed by atoms with Crippen LogP contribution in [0.15, 0.2) is 35.1 Å². The SMILES string of the molecule is Cc1c2n(c(OC[C@@H]3COCCO3)cc1=O)CCc1cc(C3=CCN(C(=O)O)C(C(C)C)C3)ccc1-2. The number of fused-ring (bicyclic) bond motifs is 3. The van der Waals surface area contributed by atoms with E-state index in [1.165, 1.54) is 16.0 Å². The molecule has 4 heterocycles. The number of nitrogens with zero attached hydrogens (tertiary/aromatic N) is 2. The second kappa shape index (κ2) is 10.1. The highest BCUT2D eigenvalue weighted by Crippen LogP contribution is 2.37. The summed E-state index contributed by atoms with van der Waals surface area (Å²) in [5.41, 5.74) is 6.12. The number of pyridine rings is 1. The summed E-state index contributed by atoms with van der Waals surface area (Å²) in [4.78, 5) is 26.1. The van der Waals surface area contributed by atoms with Crippen LogP contribution in [-0.4, -0.2) is 65.8 Å². The first-order valence-corrected chi connectivity index (χ1v) is 12.7. The van der Waals surface area contributed by atoms with Crippen molar-refractivity contribution in [1.82, 2.24) is 9.47 Å². The monoisotopic (exact) mass is 494 g/mol. The summed E-state index contributed by atoms with van der Waals surface area (Å²) >= 11 is 0. The second-order valence-electron chi connectivity index (χ2n) is 10.2. The molecule has 1 saturated heterocycles. The van der Waals surface area contributed by atoms with Crippen molar-refractivity contribution in [2.24, 2.45) is 5.92 Å². The van der Waals surface area contributed by atoms with Crippen LogP contribution in [0, 0.1) is 12.8 Å². The van der Waals surface area contributed by atoms with Gasteiger partial charge in [-0.1, -0.05) is 38.1 Å². The number of carboxylic acid groups (broad SMARTS) is 1. The zero-order chi connectivity index (χ0) is 25.4. The minimum Gasteiger partial charge on any atom is -0.476 e. The van der Waals surface area contributed by atoms with E-state index in [-0.39, 0.29) is 23.5 Å². The molecular weight excluding hydrogens is 460 g/mol. The minimum atomic E-state index is -0.868. The summed E-state index contributed by atoms with van der Waals surface area (Å²) in [7, 11) is 0. The van der Waals surface area contributed by atoms with Gasteiger partial charge in [0.05, 0.1) is 25.5 Å². The lowest BCUT2D eigenvalue weighted by atomic mass is 9.86. The maximum absolute atomic E-state index is 12.9. The number of aromatic nitrogens is 1. The van der Waals surface area contributed by atoms with E-state index in [0.29, 0.717) is 57.4 Å². The third-order valence-electron chi connectivity index (χ3n) is 7.53. The first kappa shape index (κ1) is 24.6. The lowest BCUT2D eigenvalue weighted by Gasteiger charge is -2.36. The van der Waals surface area contributed by atoms with Gasteiger partial charge in [0.15, 0.2) is 11.3 Å². The van der Waals surface area contributed by atoms with Crippen molar-refractivity contribution in [2.45, 2.75) is 52.3 Å². The Hall–Kier alpha value is -3.10. The zero-order valence-electron chi connectivity index (χ0n) is 21.2. The molecule has 2 atom stereocenters. The van der Waals surface area contributed by atoms with Gasteiger partial charge in [0.2, 0.25) is 0 Å². The Morgan fingerprint density at radius 2 is 2.08 bits per heavy atom. The fraction of sp³-hybridized carbons (Fsp3) is 0.500. The summed E-state index contributed by atoms with van der Waals surface area (Å²) in [5, 5.41) is 9.59. The zero-order valence-corrected chi connectivity index (χ0v) is 21.2. The van der Waals surface area contributed by atoms with Crippen LogP contribution in [0.3, 0.4) is 0 Å². The van der Waals surface area contributed by atoms with E-state index in [1.54, 1.807) is 6.07 Å². The number of benzene rings is 1. The van der Waals surface area contributed by atoms with E-state index in [9.17, 15) is 14.7 Å². The molecule has 8 heteroatoms. The average molecular weight is 495 g/mol. The molecule has 0 radical (unpaired) electrons. The quantitative estimate of drug-likeness (QED) is 0.677. The molecule has 0 saturated carbocycles. The molecule has 0 spiro atoms. The Labute approximate surface area is 211 Å². The van der Waals surface area contributed by atoms with Crippen molar-refractivity contribution in [2.75, 3.05) is 33.0 Å². The maximum Gasteiger partial charge on any atom is 0.407 e. The molecule has 5 rings (SSSR count). The average Bonchev–Trinajstić information content (AvgIpc) is 2.89. The smallest absolute Gasteiger partial charge is 0.407 e. The van der Waals surface area contributed by atoms with E-state index < -0.39 is 6.09 Å². The van der Waals surface area contributed by atoms with Crippen molar-refractivity contribution in [3.8, 4) is 17.1 Å². The van der Waals surface area contributed by atoms with Crippen LogP contribution in [0.5, 0.6) is 5.88 Å². The molecule has 36 heavy (non-hydrogen) atoms. The van der Waals surface area contributed by atoms with Gasteiger partial charge in [-0.15, -0.1) is 0 Å². The second-order valence-corrected chi connectivity index (χ2v) is 10.2. The summed E-state index contributed by atoms with van der Waals surface area (Å²) < 4.78 is 19.3. The van der Waals surface area contributed by atoms with Gasteiger partial charge in [-0.3, -0.25) is 4.79 Å². The van der Waals surface area contributed by atoms with Gasteiger partial charge < -0.3 is 28.8 Å². The van der Waals surface area contributed by atoms with E-state index in [1.807, 2.05) is 13.0 Å². The summed E-state index contributed by atoms with van der Waals surface area (Å²) in [6.45, 7) is 9.11. The normalized spacial score (nSPS) is 21.6. The Bertz CT molecular complexity index is 1240. The van der Waals surface area contributed by atoms with Crippen LogP contribution in [0.1, 0.15) is 37.0 Å². The molecule has 3 aliphatic rings. The van der Waals surface area contributed by atoms with Crippen molar-refractivity contribution in [3.63, 3.8) is 0 Å². The third-order valence-corrected chi connectivity index (χ3v) is 7.53.